The molecule has 0 aliphatic heterocycles. The Morgan fingerprint density at radius 3 is 2.42 bits per heavy atom. The molecule has 4 heteroatoms. The lowest BCUT2D eigenvalue weighted by Gasteiger charge is -2.31. The van der Waals surface area contributed by atoms with Crippen molar-refractivity contribution in [1.82, 2.24) is 0 Å². The van der Waals surface area contributed by atoms with Crippen LogP contribution in [-0.4, -0.2) is 23.7 Å². The Labute approximate surface area is 113 Å². The SMILES string of the molecule is COc1ccccc1NC1(C(=O)O)CCCCCC1. The van der Waals surface area contributed by atoms with Crippen LogP contribution < -0.4 is 10.1 Å². The van der Waals surface area contributed by atoms with Crippen LogP contribution in [0.2, 0.25) is 0 Å². The van der Waals surface area contributed by atoms with E-state index in [1.807, 2.05) is 24.3 Å². The number of hydrogen-bond donors (Lipinski definition) is 2. The Hall–Kier alpha value is -1.71. The van der Waals surface area contributed by atoms with E-state index in [1.54, 1.807) is 7.11 Å². The largest absolute Gasteiger partial charge is 0.495 e. The van der Waals surface area contributed by atoms with Crippen molar-refractivity contribution in [3.05, 3.63) is 24.3 Å². The van der Waals surface area contributed by atoms with E-state index < -0.39 is 11.5 Å². The molecule has 1 aliphatic rings. The Morgan fingerprint density at radius 2 is 1.84 bits per heavy atom. The Balaban J connectivity index is 2.27. The van der Waals surface area contributed by atoms with Crippen molar-refractivity contribution in [3.63, 3.8) is 0 Å². The number of nitrogens with one attached hydrogen (secondary N) is 1. The van der Waals surface area contributed by atoms with Crippen molar-refractivity contribution in [2.45, 2.75) is 44.1 Å². The molecule has 1 fully saturated rings. The zero-order chi connectivity index (χ0) is 13.7. The van der Waals surface area contributed by atoms with Crippen LogP contribution in [0.3, 0.4) is 0 Å². The maximum absolute atomic E-state index is 11.7. The second-order valence-corrected chi connectivity index (χ2v) is 5.13. The highest BCUT2D eigenvalue weighted by Crippen LogP contribution is 2.34. The van der Waals surface area contributed by atoms with Crippen LogP contribution in [0.5, 0.6) is 5.75 Å². The third-order valence-electron chi connectivity index (χ3n) is 3.85. The second-order valence-electron chi connectivity index (χ2n) is 5.13. The maximum Gasteiger partial charge on any atom is 0.329 e. The number of carboxylic acid groups (broad SMARTS) is 1. The molecule has 0 aromatic heterocycles. The molecule has 1 aliphatic carbocycles. The quantitative estimate of drug-likeness (QED) is 0.818. The Morgan fingerprint density at radius 1 is 1.21 bits per heavy atom. The fourth-order valence-electron chi connectivity index (χ4n) is 2.73. The van der Waals surface area contributed by atoms with Gasteiger partial charge in [0.1, 0.15) is 11.3 Å². The van der Waals surface area contributed by atoms with E-state index in [4.69, 9.17) is 4.74 Å². The number of carbonyl (C=O) groups is 1. The number of hydrogen-bond acceptors (Lipinski definition) is 3. The number of para-hydroxylation sites is 2. The Bertz CT molecular complexity index is 437. The molecule has 0 spiro atoms. The van der Waals surface area contributed by atoms with Crippen LogP contribution in [0.15, 0.2) is 24.3 Å². The first-order valence-corrected chi connectivity index (χ1v) is 6.82. The topological polar surface area (TPSA) is 58.6 Å². The van der Waals surface area contributed by atoms with E-state index in [9.17, 15) is 9.90 Å². The lowest BCUT2D eigenvalue weighted by molar-refractivity contribution is -0.142. The van der Waals surface area contributed by atoms with Gasteiger partial charge >= 0.3 is 5.97 Å². The average molecular weight is 263 g/mol. The maximum atomic E-state index is 11.7. The standard InChI is InChI=1S/C15H21NO3/c1-19-13-9-5-4-8-12(13)16-15(14(17)18)10-6-2-3-7-11-15/h4-5,8-9,16H,2-3,6-7,10-11H2,1H3,(H,17,18). The normalized spacial score (nSPS) is 18.4. The van der Waals surface area contributed by atoms with Crippen molar-refractivity contribution in [2.75, 3.05) is 12.4 Å². The summed E-state index contributed by atoms with van der Waals surface area (Å²) in [6.07, 6.45) is 5.47. The fraction of sp³-hybridized carbons (Fsp3) is 0.533. The Kier molecular flexibility index (Phi) is 4.30. The van der Waals surface area contributed by atoms with Crippen LogP contribution in [0.25, 0.3) is 0 Å². The van der Waals surface area contributed by atoms with Gasteiger partial charge in [-0.15, -0.1) is 0 Å². The molecule has 0 atom stereocenters. The van der Waals surface area contributed by atoms with Gasteiger partial charge in [-0.25, -0.2) is 4.79 Å². The molecule has 0 unspecified atom stereocenters. The molecular formula is C15H21NO3. The first-order valence-electron chi connectivity index (χ1n) is 6.82. The third kappa shape index (κ3) is 3.00. The second kappa shape index (κ2) is 5.95. The molecular weight excluding hydrogens is 242 g/mol. The van der Waals surface area contributed by atoms with E-state index in [0.717, 1.165) is 31.4 Å². The number of carboxylic acids is 1. The number of benzene rings is 1. The molecule has 0 amide bonds. The minimum atomic E-state index is -0.856. The summed E-state index contributed by atoms with van der Waals surface area (Å²) in [4.78, 5) is 11.7. The van der Waals surface area contributed by atoms with Crippen LogP contribution in [-0.2, 0) is 4.79 Å². The van der Waals surface area contributed by atoms with Gasteiger partial charge in [-0.3, -0.25) is 0 Å². The third-order valence-corrected chi connectivity index (χ3v) is 3.85. The van der Waals surface area contributed by atoms with E-state index in [2.05, 4.69) is 5.32 Å². The lowest BCUT2D eigenvalue weighted by Crippen LogP contribution is -2.46. The molecule has 1 saturated carbocycles. The van der Waals surface area contributed by atoms with E-state index in [1.165, 1.54) is 0 Å². The summed E-state index contributed by atoms with van der Waals surface area (Å²) in [5.74, 6) is -0.0762. The van der Waals surface area contributed by atoms with Crippen LogP contribution in [0.1, 0.15) is 38.5 Å². The van der Waals surface area contributed by atoms with Crippen molar-refractivity contribution < 1.29 is 14.6 Å². The zero-order valence-electron chi connectivity index (χ0n) is 11.3. The summed E-state index contributed by atoms with van der Waals surface area (Å²) < 4.78 is 5.29. The molecule has 104 valence electrons. The molecule has 1 aromatic carbocycles. The summed E-state index contributed by atoms with van der Waals surface area (Å²) >= 11 is 0. The van der Waals surface area contributed by atoms with E-state index in [0.29, 0.717) is 18.6 Å². The zero-order valence-corrected chi connectivity index (χ0v) is 11.3. The predicted molar refractivity (Wildman–Crippen MR) is 74.7 cm³/mol. The molecule has 0 saturated heterocycles. The molecule has 0 heterocycles. The van der Waals surface area contributed by atoms with Gasteiger partial charge in [-0.2, -0.15) is 0 Å². The molecule has 4 nitrogen and oxygen atoms in total. The van der Waals surface area contributed by atoms with Crippen molar-refractivity contribution in [1.29, 1.82) is 0 Å². The summed E-state index contributed by atoms with van der Waals surface area (Å²) in [5, 5.41) is 12.9. The molecule has 0 bridgehead atoms. The number of ether oxygens (including phenoxy) is 1. The van der Waals surface area contributed by atoms with Crippen molar-refractivity contribution in [3.8, 4) is 5.75 Å². The number of methoxy groups -OCH3 is 1. The molecule has 19 heavy (non-hydrogen) atoms. The van der Waals surface area contributed by atoms with Gasteiger partial charge < -0.3 is 15.2 Å². The number of rotatable bonds is 4. The summed E-state index contributed by atoms with van der Waals surface area (Å²) in [6.45, 7) is 0. The number of aliphatic carboxylic acids is 1. The van der Waals surface area contributed by atoms with Gasteiger partial charge in [0, 0.05) is 0 Å². The monoisotopic (exact) mass is 263 g/mol. The van der Waals surface area contributed by atoms with Gasteiger partial charge in [0.2, 0.25) is 0 Å². The smallest absolute Gasteiger partial charge is 0.329 e. The highest BCUT2D eigenvalue weighted by molar-refractivity contribution is 5.83. The minimum absolute atomic E-state index is 0.667. The van der Waals surface area contributed by atoms with Crippen LogP contribution in [0.4, 0.5) is 5.69 Å². The summed E-state index contributed by atoms with van der Waals surface area (Å²) in [7, 11) is 1.60. The van der Waals surface area contributed by atoms with Crippen LogP contribution >= 0.6 is 0 Å². The molecule has 1 aromatic rings. The van der Waals surface area contributed by atoms with Gasteiger partial charge in [0.05, 0.1) is 12.8 Å². The highest BCUT2D eigenvalue weighted by atomic mass is 16.5. The first kappa shape index (κ1) is 13.7. The van der Waals surface area contributed by atoms with Gasteiger partial charge in [-0.05, 0) is 25.0 Å². The molecule has 2 N–H and O–H groups in total. The molecule has 2 rings (SSSR count). The van der Waals surface area contributed by atoms with Gasteiger partial charge in [0.25, 0.3) is 0 Å². The van der Waals surface area contributed by atoms with Crippen LogP contribution in [0, 0.1) is 0 Å². The predicted octanol–water partition coefficient (Wildman–Crippen LogP) is 3.28. The highest BCUT2D eigenvalue weighted by Gasteiger charge is 2.39. The molecule has 0 radical (unpaired) electrons. The number of anilines is 1. The summed E-state index contributed by atoms with van der Waals surface area (Å²) in [5.41, 5.74) is -0.0974. The lowest BCUT2D eigenvalue weighted by atomic mass is 9.90. The fourth-order valence-corrected chi connectivity index (χ4v) is 2.73. The first-order chi connectivity index (χ1) is 9.18. The van der Waals surface area contributed by atoms with Crippen molar-refractivity contribution in [2.24, 2.45) is 0 Å². The van der Waals surface area contributed by atoms with E-state index in [-0.39, 0.29) is 0 Å². The van der Waals surface area contributed by atoms with Gasteiger partial charge in [0.15, 0.2) is 0 Å². The average Bonchev–Trinajstić information content (AvgIpc) is 2.66. The van der Waals surface area contributed by atoms with Gasteiger partial charge in [-0.1, -0.05) is 37.8 Å². The van der Waals surface area contributed by atoms with Crippen molar-refractivity contribution >= 4 is 11.7 Å². The minimum Gasteiger partial charge on any atom is -0.495 e. The van der Waals surface area contributed by atoms with E-state index >= 15 is 0 Å². The summed E-state index contributed by atoms with van der Waals surface area (Å²) in [6, 6.07) is 7.48.